The molecule has 0 heterocycles. The van der Waals surface area contributed by atoms with Crippen LogP contribution in [0.1, 0.15) is 64.9 Å². The van der Waals surface area contributed by atoms with E-state index in [2.05, 4.69) is 0 Å². The van der Waals surface area contributed by atoms with Gasteiger partial charge in [0.15, 0.2) is 0 Å². The molecule has 0 N–H and O–H groups in total. The molecule has 2 rings (SSSR count). The highest BCUT2D eigenvalue weighted by Crippen LogP contribution is 2.39. The van der Waals surface area contributed by atoms with Gasteiger partial charge in [-0.2, -0.15) is 13.2 Å². The normalized spacial score (nSPS) is 21.5. The van der Waals surface area contributed by atoms with Gasteiger partial charge in [-0.3, -0.25) is 4.79 Å². The Kier molecular flexibility index (Phi) is 7.05. The van der Waals surface area contributed by atoms with Crippen molar-refractivity contribution in [3.05, 3.63) is 29.8 Å². The number of rotatable bonds is 5. The molecule has 0 aromatic heterocycles. The fourth-order valence-electron chi connectivity index (χ4n) is 3.19. The monoisotopic (exact) mass is 388 g/mol. The van der Waals surface area contributed by atoms with Gasteiger partial charge in [0.05, 0.1) is 5.56 Å². The van der Waals surface area contributed by atoms with E-state index in [1.807, 2.05) is 20.8 Å². The summed E-state index contributed by atoms with van der Waals surface area (Å²) in [6.45, 7) is 5.59. The lowest BCUT2D eigenvalue weighted by molar-refractivity contribution is -0.155. The minimum absolute atomic E-state index is 0.155. The molecule has 1 aliphatic carbocycles. The van der Waals surface area contributed by atoms with E-state index in [0.717, 1.165) is 38.2 Å². The summed E-state index contributed by atoms with van der Waals surface area (Å²) in [7, 11) is 0. The molecule has 2 nitrogen and oxygen atoms in total. The van der Waals surface area contributed by atoms with Crippen molar-refractivity contribution in [2.24, 2.45) is 5.92 Å². The Morgan fingerprint density at radius 2 is 1.81 bits per heavy atom. The van der Waals surface area contributed by atoms with Crippen molar-refractivity contribution in [3.8, 4) is 0 Å². The Hall–Kier alpha value is -1.17. The van der Waals surface area contributed by atoms with Crippen LogP contribution in [0.15, 0.2) is 29.2 Å². The van der Waals surface area contributed by atoms with E-state index in [1.54, 1.807) is 6.07 Å². The molecule has 0 aliphatic heterocycles. The van der Waals surface area contributed by atoms with Crippen LogP contribution in [0, 0.1) is 5.92 Å². The molecule has 0 unspecified atom stereocenters. The Morgan fingerprint density at radius 3 is 2.38 bits per heavy atom. The second kappa shape index (κ2) is 8.68. The Bertz CT molecular complexity index is 600. The summed E-state index contributed by atoms with van der Waals surface area (Å²) in [5.74, 6) is 0.346. The second-order valence-corrected chi connectivity index (χ2v) is 9.29. The number of halogens is 3. The molecule has 0 radical (unpaired) electrons. The molecule has 1 fully saturated rings. The molecule has 1 aliphatic rings. The SMILES string of the molecule is CC(C)(C)OC(=O)CCC1CCC(Sc2cccc(C(F)(F)F)c2)CC1. The van der Waals surface area contributed by atoms with Crippen molar-refractivity contribution < 1.29 is 22.7 Å². The summed E-state index contributed by atoms with van der Waals surface area (Å²) in [5, 5.41) is 0.344. The maximum Gasteiger partial charge on any atom is 0.416 e. The first-order chi connectivity index (χ1) is 12.0. The van der Waals surface area contributed by atoms with Crippen molar-refractivity contribution in [1.82, 2.24) is 0 Å². The van der Waals surface area contributed by atoms with Crippen LogP contribution < -0.4 is 0 Å². The summed E-state index contributed by atoms with van der Waals surface area (Å²) < 4.78 is 43.7. The standard InChI is InChI=1S/C20H27F3O2S/c1-19(2,3)25-18(24)12-9-14-7-10-16(11-8-14)26-17-6-4-5-15(13-17)20(21,22)23/h4-6,13-14,16H,7-12H2,1-3H3. The van der Waals surface area contributed by atoms with Gasteiger partial charge in [0.2, 0.25) is 0 Å². The van der Waals surface area contributed by atoms with Crippen LogP contribution in [0.3, 0.4) is 0 Å². The van der Waals surface area contributed by atoms with Gasteiger partial charge in [-0.1, -0.05) is 6.07 Å². The summed E-state index contributed by atoms with van der Waals surface area (Å²) >= 11 is 1.54. The molecule has 0 amide bonds. The Morgan fingerprint density at radius 1 is 1.15 bits per heavy atom. The lowest BCUT2D eigenvalue weighted by Crippen LogP contribution is -2.24. The molecule has 0 atom stereocenters. The fraction of sp³-hybridized carbons (Fsp3) is 0.650. The summed E-state index contributed by atoms with van der Waals surface area (Å²) in [6, 6.07) is 5.56. The van der Waals surface area contributed by atoms with Gasteiger partial charge in [-0.05, 0) is 77.0 Å². The zero-order chi connectivity index (χ0) is 19.4. The smallest absolute Gasteiger partial charge is 0.416 e. The number of alkyl halides is 3. The molecule has 1 saturated carbocycles. The molecule has 0 spiro atoms. The van der Waals surface area contributed by atoms with Crippen molar-refractivity contribution in [2.75, 3.05) is 0 Å². The maximum atomic E-state index is 12.8. The largest absolute Gasteiger partial charge is 0.460 e. The average Bonchev–Trinajstić information content (AvgIpc) is 2.52. The summed E-state index contributed by atoms with van der Waals surface area (Å²) in [5.41, 5.74) is -1.04. The Labute approximate surface area is 157 Å². The third-order valence-corrected chi connectivity index (χ3v) is 5.77. The number of benzene rings is 1. The van der Waals surface area contributed by atoms with Crippen molar-refractivity contribution in [2.45, 2.75) is 81.2 Å². The first-order valence-electron chi connectivity index (χ1n) is 9.09. The first-order valence-corrected chi connectivity index (χ1v) is 9.96. The number of esters is 1. The van der Waals surface area contributed by atoms with Crippen LogP contribution in [0.2, 0.25) is 0 Å². The van der Waals surface area contributed by atoms with Gasteiger partial charge in [0.1, 0.15) is 5.60 Å². The average molecular weight is 388 g/mol. The third kappa shape index (κ3) is 7.22. The number of carbonyl (C=O) groups excluding carboxylic acids is 1. The zero-order valence-electron chi connectivity index (χ0n) is 15.6. The molecular weight excluding hydrogens is 361 g/mol. The third-order valence-electron chi connectivity index (χ3n) is 4.43. The van der Waals surface area contributed by atoms with Crippen LogP contribution >= 0.6 is 11.8 Å². The van der Waals surface area contributed by atoms with E-state index in [4.69, 9.17) is 4.74 Å². The number of hydrogen-bond donors (Lipinski definition) is 0. The Balaban J connectivity index is 1.76. The van der Waals surface area contributed by atoms with E-state index in [0.29, 0.717) is 22.5 Å². The summed E-state index contributed by atoms with van der Waals surface area (Å²) in [6.07, 6.45) is 0.942. The highest BCUT2D eigenvalue weighted by atomic mass is 32.2. The lowest BCUT2D eigenvalue weighted by atomic mass is 9.86. The van der Waals surface area contributed by atoms with Gasteiger partial charge in [0, 0.05) is 16.6 Å². The van der Waals surface area contributed by atoms with Crippen LogP contribution in [-0.4, -0.2) is 16.8 Å². The number of hydrogen-bond acceptors (Lipinski definition) is 3. The quantitative estimate of drug-likeness (QED) is 0.540. The van der Waals surface area contributed by atoms with E-state index in [9.17, 15) is 18.0 Å². The van der Waals surface area contributed by atoms with Gasteiger partial charge in [-0.25, -0.2) is 0 Å². The van der Waals surface area contributed by atoms with E-state index < -0.39 is 17.3 Å². The maximum absolute atomic E-state index is 12.8. The van der Waals surface area contributed by atoms with E-state index in [-0.39, 0.29) is 5.97 Å². The van der Waals surface area contributed by atoms with Crippen molar-refractivity contribution in [3.63, 3.8) is 0 Å². The first kappa shape index (κ1) is 21.1. The van der Waals surface area contributed by atoms with Crippen molar-refractivity contribution in [1.29, 1.82) is 0 Å². The minimum atomic E-state index is -4.30. The molecule has 1 aromatic rings. The predicted molar refractivity (Wildman–Crippen MR) is 98.1 cm³/mol. The van der Waals surface area contributed by atoms with Crippen LogP contribution in [-0.2, 0) is 15.7 Å². The molecule has 1 aromatic carbocycles. The van der Waals surface area contributed by atoms with Gasteiger partial charge in [0.25, 0.3) is 0 Å². The highest BCUT2D eigenvalue weighted by molar-refractivity contribution is 8.00. The van der Waals surface area contributed by atoms with E-state index in [1.165, 1.54) is 23.9 Å². The fourth-order valence-corrected chi connectivity index (χ4v) is 4.44. The molecule has 6 heteroatoms. The minimum Gasteiger partial charge on any atom is -0.460 e. The highest BCUT2D eigenvalue weighted by Gasteiger charge is 2.31. The molecule has 0 saturated heterocycles. The number of ether oxygens (including phenoxy) is 1. The van der Waals surface area contributed by atoms with Crippen LogP contribution in [0.4, 0.5) is 13.2 Å². The lowest BCUT2D eigenvalue weighted by Gasteiger charge is -2.28. The molecule has 146 valence electrons. The summed E-state index contributed by atoms with van der Waals surface area (Å²) in [4.78, 5) is 12.5. The van der Waals surface area contributed by atoms with Crippen LogP contribution in [0.25, 0.3) is 0 Å². The van der Waals surface area contributed by atoms with Crippen LogP contribution in [0.5, 0.6) is 0 Å². The van der Waals surface area contributed by atoms with E-state index >= 15 is 0 Å². The predicted octanol–water partition coefficient (Wildman–Crippen LogP) is 6.48. The molecular formula is C20H27F3O2S. The van der Waals surface area contributed by atoms with Gasteiger partial charge < -0.3 is 4.74 Å². The molecule has 0 bridgehead atoms. The van der Waals surface area contributed by atoms with Crippen molar-refractivity contribution >= 4 is 17.7 Å². The van der Waals surface area contributed by atoms with Gasteiger partial charge >= 0.3 is 12.1 Å². The second-order valence-electron chi connectivity index (χ2n) is 7.91. The zero-order valence-corrected chi connectivity index (χ0v) is 16.4. The topological polar surface area (TPSA) is 26.3 Å². The number of thioether (sulfide) groups is 1. The number of carbonyl (C=O) groups is 1. The molecule has 26 heavy (non-hydrogen) atoms. The van der Waals surface area contributed by atoms with Gasteiger partial charge in [-0.15, -0.1) is 11.8 Å².